The van der Waals surface area contributed by atoms with Crippen LogP contribution in [-0.2, 0) is 0 Å². The molecule has 1 aliphatic heterocycles. The van der Waals surface area contributed by atoms with Crippen LogP contribution in [0.3, 0.4) is 0 Å². The molecule has 1 atom stereocenters. The van der Waals surface area contributed by atoms with Gasteiger partial charge < -0.3 is 9.64 Å². The molecule has 1 aliphatic rings. The normalized spacial score (nSPS) is 17.9. The first-order valence-corrected chi connectivity index (χ1v) is 6.49. The van der Waals surface area contributed by atoms with Crippen molar-refractivity contribution in [2.45, 2.75) is 13.0 Å². The number of hydrazone groups is 1. The molecule has 0 radical (unpaired) electrons. The van der Waals surface area contributed by atoms with Crippen LogP contribution >= 0.6 is 11.6 Å². The third-order valence-electron chi connectivity index (χ3n) is 3.03. The number of amides is 2. The lowest BCUT2D eigenvalue weighted by Crippen LogP contribution is -2.48. The molecule has 7 heteroatoms. The molecule has 0 saturated heterocycles. The lowest BCUT2D eigenvalue weighted by molar-refractivity contribution is 0.209. The van der Waals surface area contributed by atoms with E-state index in [1.807, 2.05) is 0 Å². The van der Waals surface area contributed by atoms with E-state index in [0.29, 0.717) is 0 Å². The van der Waals surface area contributed by atoms with E-state index >= 15 is 0 Å². The lowest BCUT2D eigenvalue weighted by atomic mass is 10.2. The first-order chi connectivity index (χ1) is 9.95. The van der Waals surface area contributed by atoms with E-state index in [9.17, 15) is 9.18 Å². The van der Waals surface area contributed by atoms with E-state index in [-0.39, 0.29) is 29.1 Å². The summed E-state index contributed by atoms with van der Waals surface area (Å²) in [7, 11) is 1.61. The van der Waals surface area contributed by atoms with Gasteiger partial charge in [0.15, 0.2) is 5.82 Å². The molecule has 1 aromatic rings. The zero-order valence-corrected chi connectivity index (χ0v) is 12.3. The summed E-state index contributed by atoms with van der Waals surface area (Å²) >= 11 is 5.88. The molecule has 1 heterocycles. The smallest absolute Gasteiger partial charge is 0.345 e. The molecule has 0 aromatic heterocycles. The van der Waals surface area contributed by atoms with Gasteiger partial charge in [-0.05, 0) is 13.0 Å². The van der Waals surface area contributed by atoms with Crippen molar-refractivity contribution in [1.29, 1.82) is 0 Å². The molecular formula is C14H13ClFN3O2. The Morgan fingerprint density at radius 3 is 2.95 bits per heavy atom. The maximum Gasteiger partial charge on any atom is 0.345 e. The third kappa shape index (κ3) is 2.93. The van der Waals surface area contributed by atoms with E-state index < -0.39 is 11.8 Å². The molecule has 5 nitrogen and oxygen atoms in total. The van der Waals surface area contributed by atoms with Crippen molar-refractivity contribution in [2.24, 2.45) is 5.10 Å². The highest BCUT2D eigenvalue weighted by Crippen LogP contribution is 2.33. The molecule has 2 rings (SSSR count). The van der Waals surface area contributed by atoms with Crippen LogP contribution in [0.25, 0.3) is 0 Å². The van der Waals surface area contributed by atoms with Crippen molar-refractivity contribution in [3.05, 3.63) is 23.0 Å². The number of terminal acetylenes is 1. The summed E-state index contributed by atoms with van der Waals surface area (Å²) in [5, 5.41) is 4.99. The van der Waals surface area contributed by atoms with E-state index in [4.69, 9.17) is 22.8 Å². The van der Waals surface area contributed by atoms with Crippen molar-refractivity contribution in [3.8, 4) is 18.1 Å². The molecule has 0 bridgehead atoms. The van der Waals surface area contributed by atoms with Gasteiger partial charge in [0.25, 0.3) is 0 Å². The number of rotatable bonds is 3. The number of anilines is 1. The molecule has 110 valence electrons. The van der Waals surface area contributed by atoms with Crippen LogP contribution in [0.15, 0.2) is 17.2 Å². The second kappa shape index (κ2) is 6.02. The summed E-state index contributed by atoms with van der Waals surface area (Å²) in [5.74, 6) is 1.80. The quantitative estimate of drug-likeness (QED) is 0.806. The van der Waals surface area contributed by atoms with Gasteiger partial charge in [-0.25, -0.2) is 9.18 Å². The summed E-state index contributed by atoms with van der Waals surface area (Å²) in [6.45, 7) is 1.79. The van der Waals surface area contributed by atoms with Crippen molar-refractivity contribution in [1.82, 2.24) is 4.90 Å². The zero-order valence-electron chi connectivity index (χ0n) is 11.5. The number of ether oxygens (including phenoxy) is 1. The van der Waals surface area contributed by atoms with Crippen molar-refractivity contribution >= 4 is 29.5 Å². The highest BCUT2D eigenvalue weighted by Gasteiger charge is 2.29. The fraction of sp³-hybridized carbons (Fsp3) is 0.286. The number of hydrogen-bond donors (Lipinski definition) is 0. The summed E-state index contributed by atoms with van der Waals surface area (Å²) in [6.07, 6.45) is 6.64. The molecule has 0 fully saturated rings. The number of nitrogens with zero attached hydrogens (tertiary/aromatic N) is 3. The zero-order chi connectivity index (χ0) is 15.6. The Bertz CT molecular complexity index is 642. The van der Waals surface area contributed by atoms with Gasteiger partial charge in [-0.1, -0.05) is 17.5 Å². The van der Waals surface area contributed by atoms with Crippen LogP contribution in [0, 0.1) is 18.2 Å². The van der Waals surface area contributed by atoms with Crippen LogP contribution < -0.4 is 9.75 Å². The average Bonchev–Trinajstić information content (AvgIpc) is 2.45. The van der Waals surface area contributed by atoms with Crippen LogP contribution in [0.5, 0.6) is 5.75 Å². The minimum atomic E-state index is -0.679. The number of halogens is 2. The predicted molar refractivity (Wildman–Crippen MR) is 79.3 cm³/mol. The largest absolute Gasteiger partial charge is 0.479 e. The highest BCUT2D eigenvalue weighted by molar-refractivity contribution is 6.32. The molecule has 1 unspecified atom stereocenters. The minimum Gasteiger partial charge on any atom is -0.479 e. The highest BCUT2D eigenvalue weighted by atomic mass is 35.5. The first kappa shape index (κ1) is 15.1. The van der Waals surface area contributed by atoms with Crippen LogP contribution in [-0.4, -0.2) is 36.8 Å². The van der Waals surface area contributed by atoms with Crippen LogP contribution in [0.1, 0.15) is 6.92 Å². The Morgan fingerprint density at radius 2 is 2.29 bits per heavy atom. The van der Waals surface area contributed by atoms with Crippen LogP contribution in [0.2, 0.25) is 5.02 Å². The summed E-state index contributed by atoms with van der Waals surface area (Å²) < 4.78 is 19.3. The molecule has 0 spiro atoms. The molecule has 2 amide bonds. The number of carbonyl (C=O) groups excluding carboxylic acids is 1. The molecule has 0 N–H and O–H groups in total. The Kier molecular flexibility index (Phi) is 4.34. The van der Waals surface area contributed by atoms with Gasteiger partial charge in [0.2, 0.25) is 0 Å². The molecule has 1 aromatic carbocycles. The maximum absolute atomic E-state index is 14.1. The SMILES string of the molecule is C#CCOc1cc(N2N=CC(C)N(C)C2=O)c(F)cc1Cl. The van der Waals surface area contributed by atoms with Gasteiger partial charge in [-0.15, -0.1) is 6.42 Å². The standard InChI is InChI=1S/C14H13ClFN3O2/c1-4-5-21-13-7-12(11(16)6-10(13)15)19-14(20)18(3)9(2)8-17-19/h1,6-9H,5H2,2-3H3. The van der Waals surface area contributed by atoms with Gasteiger partial charge in [-0.3, -0.25) is 0 Å². The van der Waals surface area contributed by atoms with E-state index in [1.165, 1.54) is 17.2 Å². The van der Waals surface area contributed by atoms with Crippen molar-refractivity contribution in [2.75, 3.05) is 18.7 Å². The van der Waals surface area contributed by atoms with Gasteiger partial charge in [0.1, 0.15) is 18.0 Å². The minimum absolute atomic E-state index is 0.0149. The van der Waals surface area contributed by atoms with Crippen molar-refractivity contribution in [3.63, 3.8) is 0 Å². The van der Waals surface area contributed by atoms with Gasteiger partial charge >= 0.3 is 6.03 Å². The first-order valence-electron chi connectivity index (χ1n) is 6.12. The molecule has 0 aliphatic carbocycles. The van der Waals surface area contributed by atoms with E-state index in [2.05, 4.69) is 11.0 Å². The fourth-order valence-electron chi connectivity index (χ4n) is 1.71. The Hall–Kier alpha value is -2.26. The van der Waals surface area contributed by atoms with Gasteiger partial charge in [0.05, 0.1) is 11.1 Å². The Labute approximate surface area is 126 Å². The van der Waals surface area contributed by atoms with Gasteiger partial charge in [0, 0.05) is 19.3 Å². The monoisotopic (exact) mass is 309 g/mol. The third-order valence-corrected chi connectivity index (χ3v) is 3.33. The number of urea groups is 1. The topological polar surface area (TPSA) is 45.1 Å². The molecule has 0 saturated carbocycles. The Morgan fingerprint density at radius 1 is 1.57 bits per heavy atom. The summed E-state index contributed by atoms with van der Waals surface area (Å²) in [6, 6.07) is 1.74. The van der Waals surface area contributed by atoms with E-state index in [1.54, 1.807) is 14.0 Å². The summed E-state index contributed by atoms with van der Waals surface area (Å²) in [4.78, 5) is 13.6. The lowest BCUT2D eigenvalue weighted by Gasteiger charge is -2.31. The van der Waals surface area contributed by atoms with Crippen LogP contribution in [0.4, 0.5) is 14.9 Å². The predicted octanol–water partition coefficient (Wildman–Crippen LogP) is 2.74. The fourth-order valence-corrected chi connectivity index (χ4v) is 1.92. The summed E-state index contributed by atoms with van der Waals surface area (Å²) in [5.41, 5.74) is -0.0496. The molecule has 21 heavy (non-hydrogen) atoms. The van der Waals surface area contributed by atoms with Gasteiger partial charge in [-0.2, -0.15) is 10.1 Å². The average molecular weight is 310 g/mol. The maximum atomic E-state index is 14.1. The molecular weight excluding hydrogens is 297 g/mol. The number of benzene rings is 1. The van der Waals surface area contributed by atoms with Crippen molar-refractivity contribution < 1.29 is 13.9 Å². The number of carbonyl (C=O) groups is 1. The van der Waals surface area contributed by atoms with E-state index in [0.717, 1.165) is 11.1 Å². The number of hydrogen-bond acceptors (Lipinski definition) is 3. The Balaban J connectivity index is 2.42. The second-order valence-corrected chi connectivity index (χ2v) is 4.84. The second-order valence-electron chi connectivity index (χ2n) is 4.44.